The molecule has 2 nitrogen and oxygen atoms in total. The lowest BCUT2D eigenvalue weighted by atomic mass is 10.0. The Balaban J connectivity index is 1.83. The Morgan fingerprint density at radius 2 is 1.90 bits per heavy atom. The van der Waals surface area contributed by atoms with E-state index in [1.54, 1.807) is 6.20 Å². The number of nitrogens with zero attached hydrogens (tertiary/aromatic N) is 1. The number of halogens is 1. The zero-order valence-electron chi connectivity index (χ0n) is 10.8. The fraction of sp³-hybridized carbons (Fsp3) is 0.118. The molecule has 1 aromatic heterocycles. The third-order valence-corrected chi connectivity index (χ3v) is 4.13. The second kappa shape index (κ2) is 4.50. The third-order valence-electron chi connectivity index (χ3n) is 3.84. The number of hydrogen-bond acceptors (Lipinski definition) is 2. The highest BCUT2D eigenvalue weighted by molar-refractivity contribution is 6.17. The van der Waals surface area contributed by atoms with Crippen LogP contribution in [-0.4, -0.2) is 5.16 Å². The average molecular weight is 282 g/mol. The fourth-order valence-electron chi connectivity index (χ4n) is 2.88. The van der Waals surface area contributed by atoms with Crippen LogP contribution >= 0.6 is 11.6 Å². The summed E-state index contributed by atoms with van der Waals surface area (Å²) < 4.78 is 5.34. The van der Waals surface area contributed by atoms with E-state index in [-0.39, 0.29) is 0 Å². The standard InChI is InChI=1S/C17H12ClNO/c18-9-14-10-19-20-17(14)12-5-6-16-13(8-12)7-11-3-1-2-4-15(11)16/h1-6,8,10H,7,9H2. The van der Waals surface area contributed by atoms with E-state index >= 15 is 0 Å². The molecule has 0 spiro atoms. The topological polar surface area (TPSA) is 26.0 Å². The molecule has 3 aromatic rings. The number of alkyl halides is 1. The molecule has 3 heteroatoms. The van der Waals surface area contributed by atoms with Crippen molar-refractivity contribution in [3.63, 3.8) is 0 Å². The lowest BCUT2D eigenvalue weighted by molar-refractivity contribution is 0.432. The van der Waals surface area contributed by atoms with Crippen LogP contribution in [0.25, 0.3) is 22.5 Å². The second-order valence-electron chi connectivity index (χ2n) is 5.02. The van der Waals surface area contributed by atoms with Crippen LogP contribution in [0.15, 0.2) is 53.2 Å². The molecule has 0 fully saturated rings. The molecule has 0 atom stereocenters. The van der Waals surface area contributed by atoms with Crippen molar-refractivity contribution >= 4 is 11.6 Å². The number of benzene rings is 2. The summed E-state index contributed by atoms with van der Waals surface area (Å²) in [7, 11) is 0. The van der Waals surface area contributed by atoms with Crippen molar-refractivity contribution in [3.8, 4) is 22.5 Å². The zero-order chi connectivity index (χ0) is 13.5. The van der Waals surface area contributed by atoms with Crippen LogP contribution in [-0.2, 0) is 12.3 Å². The van der Waals surface area contributed by atoms with Crippen molar-refractivity contribution in [1.29, 1.82) is 0 Å². The molecule has 0 aliphatic heterocycles. The summed E-state index contributed by atoms with van der Waals surface area (Å²) in [5.74, 6) is 1.19. The average Bonchev–Trinajstić information content (AvgIpc) is 3.10. The molecule has 20 heavy (non-hydrogen) atoms. The molecule has 0 radical (unpaired) electrons. The maximum Gasteiger partial charge on any atom is 0.171 e. The molecule has 0 bridgehead atoms. The summed E-state index contributed by atoms with van der Waals surface area (Å²) in [5, 5.41) is 3.84. The predicted octanol–water partition coefficient (Wildman–Crippen LogP) is 4.65. The highest BCUT2D eigenvalue weighted by Gasteiger charge is 2.19. The minimum absolute atomic E-state index is 0.413. The van der Waals surface area contributed by atoms with Crippen LogP contribution in [0, 0.1) is 0 Å². The lowest BCUT2D eigenvalue weighted by Gasteiger charge is -2.04. The first-order valence-electron chi connectivity index (χ1n) is 6.58. The second-order valence-corrected chi connectivity index (χ2v) is 5.29. The SMILES string of the molecule is ClCc1cnoc1-c1ccc2c(c1)Cc1ccccc1-2. The fourth-order valence-corrected chi connectivity index (χ4v) is 3.07. The summed E-state index contributed by atoms with van der Waals surface area (Å²) >= 11 is 5.91. The first kappa shape index (κ1) is 11.7. The number of hydrogen-bond donors (Lipinski definition) is 0. The molecule has 0 N–H and O–H groups in total. The Kier molecular flexibility index (Phi) is 2.64. The molecule has 2 aromatic carbocycles. The molecule has 0 saturated carbocycles. The van der Waals surface area contributed by atoms with Crippen molar-refractivity contribution in [3.05, 3.63) is 65.4 Å². The molecule has 1 aliphatic rings. The molecule has 0 saturated heterocycles. The van der Waals surface area contributed by atoms with Crippen molar-refractivity contribution in [1.82, 2.24) is 5.16 Å². The van der Waals surface area contributed by atoms with Gasteiger partial charge in [0, 0.05) is 11.1 Å². The Bertz CT molecular complexity index is 791. The minimum atomic E-state index is 0.413. The third kappa shape index (κ3) is 1.69. The van der Waals surface area contributed by atoms with Crippen LogP contribution in [0.5, 0.6) is 0 Å². The molecular weight excluding hydrogens is 270 g/mol. The summed E-state index contributed by atoms with van der Waals surface area (Å²) in [6, 6.07) is 15.0. The van der Waals surface area contributed by atoms with Gasteiger partial charge in [-0.05, 0) is 34.7 Å². The quantitative estimate of drug-likeness (QED) is 0.500. The summed E-state index contributed by atoms with van der Waals surface area (Å²) in [4.78, 5) is 0. The van der Waals surface area contributed by atoms with Gasteiger partial charge < -0.3 is 4.52 Å². The van der Waals surface area contributed by atoms with Crippen LogP contribution in [0.1, 0.15) is 16.7 Å². The number of rotatable bonds is 2. The molecule has 4 rings (SSSR count). The Morgan fingerprint density at radius 3 is 2.80 bits per heavy atom. The molecule has 1 heterocycles. The van der Waals surface area contributed by atoms with E-state index in [1.807, 2.05) is 0 Å². The lowest BCUT2D eigenvalue weighted by Crippen LogP contribution is -1.85. The van der Waals surface area contributed by atoms with Gasteiger partial charge >= 0.3 is 0 Å². The molecular formula is C17H12ClNO. The van der Waals surface area contributed by atoms with Gasteiger partial charge in [0.05, 0.1) is 12.1 Å². The van der Waals surface area contributed by atoms with Crippen LogP contribution in [0.3, 0.4) is 0 Å². The molecule has 0 unspecified atom stereocenters. The molecule has 1 aliphatic carbocycles. The van der Waals surface area contributed by atoms with Gasteiger partial charge in [0.15, 0.2) is 5.76 Å². The zero-order valence-corrected chi connectivity index (χ0v) is 11.5. The van der Waals surface area contributed by atoms with E-state index in [9.17, 15) is 0 Å². The maximum absolute atomic E-state index is 5.91. The van der Waals surface area contributed by atoms with E-state index in [1.165, 1.54) is 22.3 Å². The maximum atomic E-state index is 5.91. The van der Waals surface area contributed by atoms with Gasteiger partial charge in [0.25, 0.3) is 0 Å². The van der Waals surface area contributed by atoms with E-state index < -0.39 is 0 Å². The van der Waals surface area contributed by atoms with Gasteiger partial charge in [-0.1, -0.05) is 41.6 Å². The van der Waals surface area contributed by atoms with Gasteiger partial charge in [-0.15, -0.1) is 11.6 Å². The van der Waals surface area contributed by atoms with Crippen molar-refractivity contribution < 1.29 is 4.52 Å². The molecule has 98 valence electrons. The Morgan fingerprint density at radius 1 is 1.05 bits per heavy atom. The van der Waals surface area contributed by atoms with Gasteiger partial charge in [-0.3, -0.25) is 0 Å². The van der Waals surface area contributed by atoms with E-state index in [0.29, 0.717) is 5.88 Å². The smallest absolute Gasteiger partial charge is 0.171 e. The highest BCUT2D eigenvalue weighted by Crippen LogP contribution is 2.38. The monoisotopic (exact) mass is 281 g/mol. The first-order valence-corrected chi connectivity index (χ1v) is 7.11. The van der Waals surface area contributed by atoms with Crippen molar-refractivity contribution in [2.24, 2.45) is 0 Å². The summed E-state index contributed by atoms with van der Waals surface area (Å²) in [6.07, 6.45) is 2.66. The predicted molar refractivity (Wildman–Crippen MR) is 79.7 cm³/mol. The summed E-state index contributed by atoms with van der Waals surface area (Å²) in [6.45, 7) is 0. The normalized spacial score (nSPS) is 12.2. The van der Waals surface area contributed by atoms with Crippen LogP contribution in [0.2, 0.25) is 0 Å². The number of fused-ring (bicyclic) bond motifs is 3. The Hall–Kier alpha value is -2.06. The molecule has 0 amide bonds. The van der Waals surface area contributed by atoms with Gasteiger partial charge in [0.1, 0.15) is 0 Å². The van der Waals surface area contributed by atoms with E-state index in [0.717, 1.165) is 23.3 Å². The van der Waals surface area contributed by atoms with Crippen LogP contribution in [0.4, 0.5) is 0 Å². The Labute approximate surface area is 122 Å². The summed E-state index contributed by atoms with van der Waals surface area (Å²) in [5.41, 5.74) is 7.35. The van der Waals surface area contributed by atoms with Gasteiger partial charge in [-0.25, -0.2) is 0 Å². The van der Waals surface area contributed by atoms with Crippen molar-refractivity contribution in [2.45, 2.75) is 12.3 Å². The van der Waals surface area contributed by atoms with E-state index in [2.05, 4.69) is 47.6 Å². The largest absolute Gasteiger partial charge is 0.356 e. The minimum Gasteiger partial charge on any atom is -0.356 e. The van der Waals surface area contributed by atoms with Gasteiger partial charge in [0.2, 0.25) is 0 Å². The van der Waals surface area contributed by atoms with Gasteiger partial charge in [-0.2, -0.15) is 0 Å². The van der Waals surface area contributed by atoms with Crippen LogP contribution < -0.4 is 0 Å². The highest BCUT2D eigenvalue weighted by atomic mass is 35.5. The van der Waals surface area contributed by atoms with E-state index in [4.69, 9.17) is 16.1 Å². The van der Waals surface area contributed by atoms with Crippen molar-refractivity contribution in [2.75, 3.05) is 0 Å². The number of aromatic nitrogens is 1. The first-order chi connectivity index (χ1) is 9.86.